The second-order valence-electron chi connectivity index (χ2n) is 4.51. The van der Waals surface area contributed by atoms with E-state index in [2.05, 4.69) is 5.10 Å². The van der Waals surface area contributed by atoms with E-state index in [9.17, 15) is 9.18 Å². The number of halogens is 1. The topological polar surface area (TPSA) is 55.1 Å². The summed E-state index contributed by atoms with van der Waals surface area (Å²) in [6, 6.07) is 14.3. The van der Waals surface area contributed by atoms with Crippen LogP contribution < -0.4 is 0 Å². The van der Waals surface area contributed by atoms with Gasteiger partial charge in [-0.15, -0.1) is 0 Å². The second kappa shape index (κ2) is 5.20. The van der Waals surface area contributed by atoms with E-state index in [1.807, 2.05) is 0 Å². The lowest BCUT2D eigenvalue weighted by atomic mass is 10.1. The third-order valence-corrected chi connectivity index (χ3v) is 3.09. The maximum Gasteiger partial charge on any atom is 0.335 e. The van der Waals surface area contributed by atoms with E-state index in [-0.39, 0.29) is 11.4 Å². The summed E-state index contributed by atoms with van der Waals surface area (Å²) in [5.41, 5.74) is 2.32. The molecule has 0 fully saturated rings. The fourth-order valence-electron chi connectivity index (χ4n) is 2.03. The van der Waals surface area contributed by atoms with Gasteiger partial charge < -0.3 is 5.11 Å². The summed E-state index contributed by atoms with van der Waals surface area (Å²) in [6.07, 6.45) is 1.75. The molecule has 3 aromatic rings. The molecule has 0 aliphatic carbocycles. The highest BCUT2D eigenvalue weighted by Gasteiger charge is 2.07. The minimum absolute atomic E-state index is 0.212. The molecule has 2 aromatic carbocycles. The minimum atomic E-state index is -0.977. The summed E-state index contributed by atoms with van der Waals surface area (Å²) in [6.45, 7) is 0. The molecule has 0 saturated heterocycles. The largest absolute Gasteiger partial charge is 0.478 e. The molecule has 0 unspecified atom stereocenters. The van der Waals surface area contributed by atoms with Gasteiger partial charge in [0, 0.05) is 11.8 Å². The van der Waals surface area contributed by atoms with Crippen molar-refractivity contribution >= 4 is 5.97 Å². The number of aromatic nitrogens is 2. The van der Waals surface area contributed by atoms with Crippen LogP contribution >= 0.6 is 0 Å². The van der Waals surface area contributed by atoms with E-state index >= 15 is 0 Å². The molecule has 0 atom stereocenters. The molecule has 4 nitrogen and oxygen atoms in total. The number of rotatable bonds is 3. The molecular formula is C16H11FN2O2. The van der Waals surface area contributed by atoms with Gasteiger partial charge in [0.2, 0.25) is 0 Å². The first kappa shape index (κ1) is 13.1. The molecule has 1 N–H and O–H groups in total. The third kappa shape index (κ3) is 2.67. The van der Waals surface area contributed by atoms with Gasteiger partial charge >= 0.3 is 5.97 Å². The molecule has 0 bridgehead atoms. The first-order chi connectivity index (χ1) is 10.1. The third-order valence-electron chi connectivity index (χ3n) is 3.09. The zero-order valence-electron chi connectivity index (χ0n) is 10.9. The summed E-state index contributed by atoms with van der Waals surface area (Å²) in [7, 11) is 0. The zero-order chi connectivity index (χ0) is 14.8. The maximum absolute atomic E-state index is 12.9. The van der Waals surface area contributed by atoms with Crippen molar-refractivity contribution in [1.82, 2.24) is 9.78 Å². The Hall–Kier alpha value is -2.95. The summed E-state index contributed by atoms with van der Waals surface area (Å²) in [5, 5.41) is 13.4. The standard InChI is InChI=1S/C16H11FN2O2/c17-13-4-6-14(7-5-13)19-9-8-15(18-19)11-2-1-3-12(10-11)16(20)21/h1-10H,(H,20,21). The summed E-state index contributed by atoms with van der Waals surface area (Å²) >= 11 is 0. The lowest BCUT2D eigenvalue weighted by Crippen LogP contribution is -1.97. The minimum Gasteiger partial charge on any atom is -0.478 e. The van der Waals surface area contributed by atoms with Crippen molar-refractivity contribution in [1.29, 1.82) is 0 Å². The van der Waals surface area contributed by atoms with Gasteiger partial charge in [0.1, 0.15) is 5.82 Å². The zero-order valence-corrected chi connectivity index (χ0v) is 10.9. The van der Waals surface area contributed by atoms with Crippen molar-refractivity contribution in [3.8, 4) is 16.9 Å². The fraction of sp³-hybridized carbons (Fsp3) is 0. The molecular weight excluding hydrogens is 271 g/mol. The highest BCUT2D eigenvalue weighted by Crippen LogP contribution is 2.20. The number of carboxylic acids is 1. The van der Waals surface area contributed by atoms with Crippen LogP contribution in [0.1, 0.15) is 10.4 Å². The number of hydrogen-bond donors (Lipinski definition) is 1. The Balaban J connectivity index is 1.96. The highest BCUT2D eigenvalue weighted by atomic mass is 19.1. The lowest BCUT2D eigenvalue weighted by molar-refractivity contribution is 0.0697. The molecule has 1 aromatic heterocycles. The van der Waals surface area contributed by atoms with Gasteiger partial charge in [-0.3, -0.25) is 0 Å². The Labute approximate surface area is 120 Å². The summed E-state index contributed by atoms with van der Waals surface area (Å²) in [5.74, 6) is -1.28. The Morgan fingerprint density at radius 2 is 1.86 bits per heavy atom. The van der Waals surface area contributed by atoms with Crippen molar-refractivity contribution in [2.45, 2.75) is 0 Å². The van der Waals surface area contributed by atoms with Gasteiger partial charge in [0.25, 0.3) is 0 Å². The molecule has 104 valence electrons. The molecule has 0 aliphatic rings. The number of nitrogens with zero attached hydrogens (tertiary/aromatic N) is 2. The summed E-state index contributed by atoms with van der Waals surface area (Å²) in [4.78, 5) is 11.0. The van der Waals surface area contributed by atoms with Crippen LogP contribution in [0, 0.1) is 5.82 Å². The predicted molar refractivity (Wildman–Crippen MR) is 75.9 cm³/mol. The SMILES string of the molecule is O=C(O)c1cccc(-c2ccn(-c3ccc(F)cc3)n2)c1. The molecule has 0 amide bonds. The fourth-order valence-corrected chi connectivity index (χ4v) is 2.03. The molecule has 0 saturated carbocycles. The Morgan fingerprint density at radius 1 is 1.10 bits per heavy atom. The van der Waals surface area contributed by atoms with E-state index in [1.165, 1.54) is 18.2 Å². The normalized spacial score (nSPS) is 10.5. The van der Waals surface area contributed by atoms with Gasteiger partial charge in [-0.2, -0.15) is 5.10 Å². The second-order valence-corrected chi connectivity index (χ2v) is 4.51. The first-order valence-corrected chi connectivity index (χ1v) is 6.29. The first-order valence-electron chi connectivity index (χ1n) is 6.29. The molecule has 1 heterocycles. The van der Waals surface area contributed by atoms with E-state index in [4.69, 9.17) is 5.11 Å². The van der Waals surface area contributed by atoms with Crippen LogP contribution in [0.3, 0.4) is 0 Å². The van der Waals surface area contributed by atoms with Gasteiger partial charge in [0.15, 0.2) is 0 Å². The van der Waals surface area contributed by atoms with Crippen LogP contribution in [-0.2, 0) is 0 Å². The number of benzene rings is 2. The quantitative estimate of drug-likeness (QED) is 0.801. The van der Waals surface area contributed by atoms with E-state index < -0.39 is 5.97 Å². The Kier molecular flexibility index (Phi) is 3.23. The van der Waals surface area contributed by atoms with Crippen molar-refractivity contribution in [2.24, 2.45) is 0 Å². The molecule has 5 heteroatoms. The van der Waals surface area contributed by atoms with E-state index in [1.54, 1.807) is 47.3 Å². The van der Waals surface area contributed by atoms with Crippen LogP contribution in [0.25, 0.3) is 16.9 Å². The maximum atomic E-state index is 12.9. The van der Waals surface area contributed by atoms with Gasteiger partial charge in [-0.05, 0) is 42.5 Å². The monoisotopic (exact) mass is 282 g/mol. The van der Waals surface area contributed by atoms with Gasteiger partial charge in [0.05, 0.1) is 16.9 Å². The van der Waals surface area contributed by atoms with Crippen LogP contribution in [0.15, 0.2) is 60.8 Å². The number of aromatic carboxylic acids is 1. The van der Waals surface area contributed by atoms with Crippen LogP contribution in [0.4, 0.5) is 4.39 Å². The highest BCUT2D eigenvalue weighted by molar-refractivity contribution is 5.89. The van der Waals surface area contributed by atoms with Crippen molar-refractivity contribution < 1.29 is 14.3 Å². The molecule has 21 heavy (non-hydrogen) atoms. The number of carboxylic acid groups (broad SMARTS) is 1. The molecule has 0 radical (unpaired) electrons. The predicted octanol–water partition coefficient (Wildman–Crippen LogP) is 3.38. The van der Waals surface area contributed by atoms with E-state index in [0.29, 0.717) is 5.69 Å². The van der Waals surface area contributed by atoms with Crippen LogP contribution in [0.2, 0.25) is 0 Å². The lowest BCUT2D eigenvalue weighted by Gasteiger charge is -2.01. The average Bonchev–Trinajstić information content (AvgIpc) is 2.98. The van der Waals surface area contributed by atoms with Gasteiger partial charge in [-0.25, -0.2) is 13.9 Å². The Bertz CT molecular complexity index is 794. The van der Waals surface area contributed by atoms with Crippen molar-refractivity contribution in [2.75, 3.05) is 0 Å². The van der Waals surface area contributed by atoms with Crippen molar-refractivity contribution in [3.05, 3.63) is 72.2 Å². The van der Waals surface area contributed by atoms with Crippen LogP contribution in [0.5, 0.6) is 0 Å². The van der Waals surface area contributed by atoms with Gasteiger partial charge in [-0.1, -0.05) is 12.1 Å². The number of hydrogen-bond acceptors (Lipinski definition) is 2. The molecule has 0 aliphatic heterocycles. The Morgan fingerprint density at radius 3 is 2.57 bits per heavy atom. The smallest absolute Gasteiger partial charge is 0.335 e. The number of carbonyl (C=O) groups is 1. The van der Waals surface area contributed by atoms with Crippen molar-refractivity contribution in [3.63, 3.8) is 0 Å². The van der Waals surface area contributed by atoms with E-state index in [0.717, 1.165) is 11.3 Å². The molecule has 0 spiro atoms. The van der Waals surface area contributed by atoms with Crippen LogP contribution in [-0.4, -0.2) is 20.9 Å². The summed E-state index contributed by atoms with van der Waals surface area (Å²) < 4.78 is 14.5. The molecule has 3 rings (SSSR count). The average molecular weight is 282 g/mol.